The quantitative estimate of drug-likeness (QED) is 0.585. The van der Waals surface area contributed by atoms with E-state index < -0.39 is 11.6 Å². The van der Waals surface area contributed by atoms with Crippen LogP contribution in [0.3, 0.4) is 0 Å². The lowest BCUT2D eigenvalue weighted by atomic mass is 10.1. The molecule has 6 nitrogen and oxygen atoms in total. The third kappa shape index (κ3) is 5.40. The van der Waals surface area contributed by atoms with Crippen LogP contribution in [0.15, 0.2) is 60.8 Å². The van der Waals surface area contributed by atoms with Gasteiger partial charge in [0.2, 0.25) is 0 Å². The molecule has 158 valence electrons. The summed E-state index contributed by atoms with van der Waals surface area (Å²) < 4.78 is 7.57. The number of carbonyl (C=O) groups excluding carboxylic acids is 1. The molecule has 2 N–H and O–H groups in total. The van der Waals surface area contributed by atoms with Gasteiger partial charge in [-0.15, -0.1) is 0 Å². The van der Waals surface area contributed by atoms with Crippen LogP contribution in [0.5, 0.6) is 11.5 Å². The van der Waals surface area contributed by atoms with Gasteiger partial charge in [0.1, 0.15) is 5.75 Å². The minimum absolute atomic E-state index is 0.201. The molecule has 1 heterocycles. The number of hydrogen-bond donors (Lipinski definition) is 2. The number of aliphatic hydroxyl groups is 1. The third-order valence-corrected chi connectivity index (χ3v) is 4.76. The molecule has 0 spiro atoms. The Morgan fingerprint density at radius 3 is 2.43 bits per heavy atom. The minimum atomic E-state index is -0.466. The normalized spacial score (nSPS) is 12.4. The molecule has 0 saturated carbocycles. The fraction of sp³-hybridized carbons (Fsp3) is 0.304. The largest absolute Gasteiger partial charge is 0.453 e. The fourth-order valence-electron chi connectivity index (χ4n) is 3.06. The number of ether oxygens (including phenoxy) is 1. The van der Waals surface area contributed by atoms with Crippen LogP contribution in [0.4, 0.5) is 0 Å². The lowest BCUT2D eigenvalue weighted by molar-refractivity contribution is 0.0895. The summed E-state index contributed by atoms with van der Waals surface area (Å²) in [7, 11) is 0. The summed E-state index contributed by atoms with van der Waals surface area (Å²) in [5, 5.41) is 17.8. The van der Waals surface area contributed by atoms with Crippen molar-refractivity contribution in [3.63, 3.8) is 0 Å². The Morgan fingerprint density at radius 2 is 1.83 bits per heavy atom. The zero-order valence-electron chi connectivity index (χ0n) is 17.3. The Morgan fingerprint density at radius 1 is 1.17 bits per heavy atom. The van der Waals surface area contributed by atoms with Crippen molar-refractivity contribution >= 4 is 17.5 Å². The summed E-state index contributed by atoms with van der Waals surface area (Å²) in [5.74, 6) is 0.609. The maximum atomic E-state index is 13.2. The van der Waals surface area contributed by atoms with Crippen molar-refractivity contribution in [2.45, 2.75) is 38.8 Å². The van der Waals surface area contributed by atoms with E-state index in [2.05, 4.69) is 10.4 Å². The number of nitrogens with one attached hydrogen (secondary N) is 1. The summed E-state index contributed by atoms with van der Waals surface area (Å²) >= 11 is 5.94. The number of para-hydroxylation sites is 1. The van der Waals surface area contributed by atoms with Crippen LogP contribution in [0.25, 0.3) is 0 Å². The van der Waals surface area contributed by atoms with Gasteiger partial charge in [-0.2, -0.15) is 5.10 Å². The van der Waals surface area contributed by atoms with Crippen molar-refractivity contribution in [2.75, 3.05) is 6.61 Å². The van der Waals surface area contributed by atoms with Crippen molar-refractivity contribution in [3.05, 3.63) is 77.1 Å². The molecule has 3 rings (SSSR count). The second-order valence-electron chi connectivity index (χ2n) is 8.04. The van der Waals surface area contributed by atoms with Crippen LogP contribution >= 0.6 is 11.6 Å². The highest BCUT2D eigenvalue weighted by Crippen LogP contribution is 2.29. The number of halogens is 1. The van der Waals surface area contributed by atoms with Crippen LogP contribution < -0.4 is 10.1 Å². The highest BCUT2D eigenvalue weighted by Gasteiger charge is 2.28. The first-order chi connectivity index (χ1) is 14.3. The van der Waals surface area contributed by atoms with Gasteiger partial charge in [0.25, 0.3) is 5.91 Å². The van der Waals surface area contributed by atoms with E-state index in [4.69, 9.17) is 16.3 Å². The fourth-order valence-corrected chi connectivity index (χ4v) is 3.19. The molecule has 0 saturated heterocycles. The van der Waals surface area contributed by atoms with Crippen LogP contribution in [0.2, 0.25) is 5.02 Å². The summed E-state index contributed by atoms with van der Waals surface area (Å²) in [6.45, 7) is 5.67. The maximum absolute atomic E-state index is 13.2. The Bertz CT molecular complexity index is 979. The molecule has 0 bridgehead atoms. The Hall–Kier alpha value is -2.83. The Kier molecular flexibility index (Phi) is 6.80. The van der Waals surface area contributed by atoms with Crippen molar-refractivity contribution < 1.29 is 14.6 Å². The first-order valence-electron chi connectivity index (χ1n) is 9.75. The van der Waals surface area contributed by atoms with Crippen LogP contribution in [0.1, 0.15) is 36.8 Å². The lowest BCUT2D eigenvalue weighted by Gasteiger charge is -2.23. The number of aliphatic hydroxyl groups excluding tert-OH is 1. The zero-order valence-corrected chi connectivity index (χ0v) is 18.1. The van der Waals surface area contributed by atoms with Gasteiger partial charge in [-0.25, -0.2) is 0 Å². The van der Waals surface area contributed by atoms with Crippen molar-refractivity contribution in [1.82, 2.24) is 15.1 Å². The molecule has 7 heteroatoms. The van der Waals surface area contributed by atoms with Gasteiger partial charge in [-0.3, -0.25) is 9.48 Å². The molecule has 3 aromatic rings. The van der Waals surface area contributed by atoms with E-state index in [1.165, 1.54) is 0 Å². The first-order valence-corrected chi connectivity index (χ1v) is 10.1. The van der Waals surface area contributed by atoms with E-state index >= 15 is 0 Å². The average molecular weight is 428 g/mol. The lowest BCUT2D eigenvalue weighted by Crippen LogP contribution is -2.41. The van der Waals surface area contributed by atoms with Crippen molar-refractivity contribution in [1.29, 1.82) is 0 Å². The number of aromatic nitrogens is 2. The first kappa shape index (κ1) is 21.9. The van der Waals surface area contributed by atoms with Crippen LogP contribution in [0, 0.1) is 0 Å². The predicted molar refractivity (Wildman–Crippen MR) is 117 cm³/mol. The topological polar surface area (TPSA) is 76.4 Å². The van der Waals surface area contributed by atoms with E-state index in [0.717, 1.165) is 5.56 Å². The summed E-state index contributed by atoms with van der Waals surface area (Å²) in [5.41, 5.74) is 0.834. The summed E-state index contributed by atoms with van der Waals surface area (Å²) in [6, 6.07) is 16.1. The standard InChI is InChI=1S/C23H26ClN3O3/c1-23(2,3)27-21(20(14-25-27)30-19-7-5-4-6-8-19)22(29)26-18(15-28)13-16-9-11-17(24)12-10-16/h4-12,14,18,28H,13,15H2,1-3H3,(H,26,29). The number of rotatable bonds is 7. The van der Waals surface area contributed by atoms with Crippen molar-refractivity contribution in [3.8, 4) is 11.5 Å². The van der Waals surface area contributed by atoms with Gasteiger partial charge >= 0.3 is 0 Å². The van der Waals surface area contributed by atoms with Crippen molar-refractivity contribution in [2.24, 2.45) is 0 Å². The maximum Gasteiger partial charge on any atom is 0.273 e. The second-order valence-corrected chi connectivity index (χ2v) is 8.48. The van der Waals surface area contributed by atoms with E-state index in [0.29, 0.717) is 28.6 Å². The number of nitrogens with zero attached hydrogens (tertiary/aromatic N) is 2. The Balaban J connectivity index is 1.85. The second kappa shape index (κ2) is 9.32. The number of benzene rings is 2. The molecule has 0 aliphatic rings. The monoisotopic (exact) mass is 427 g/mol. The molecule has 30 heavy (non-hydrogen) atoms. The van der Waals surface area contributed by atoms with E-state index in [9.17, 15) is 9.90 Å². The molecule has 1 aromatic heterocycles. The van der Waals surface area contributed by atoms with E-state index in [1.54, 1.807) is 23.0 Å². The molecule has 0 aliphatic carbocycles. The molecule has 1 atom stereocenters. The molecule has 2 aromatic carbocycles. The average Bonchev–Trinajstić information content (AvgIpc) is 3.14. The zero-order chi connectivity index (χ0) is 21.7. The van der Waals surface area contributed by atoms with Gasteiger partial charge in [0, 0.05) is 5.02 Å². The SMILES string of the molecule is CC(C)(C)n1ncc(Oc2ccccc2)c1C(=O)NC(CO)Cc1ccc(Cl)cc1. The third-order valence-electron chi connectivity index (χ3n) is 4.51. The molecule has 0 radical (unpaired) electrons. The number of carbonyl (C=O) groups is 1. The predicted octanol–water partition coefficient (Wildman–Crippen LogP) is 4.42. The molecular weight excluding hydrogens is 402 g/mol. The molecular formula is C23H26ClN3O3. The summed E-state index contributed by atoms with van der Waals surface area (Å²) in [6.07, 6.45) is 2.01. The highest BCUT2D eigenvalue weighted by molar-refractivity contribution is 6.30. The van der Waals surface area contributed by atoms with Gasteiger partial charge < -0.3 is 15.2 Å². The van der Waals surface area contributed by atoms with Gasteiger partial charge in [-0.1, -0.05) is 41.9 Å². The molecule has 1 amide bonds. The van der Waals surface area contributed by atoms with E-state index in [1.807, 2.05) is 63.2 Å². The smallest absolute Gasteiger partial charge is 0.273 e. The highest BCUT2D eigenvalue weighted by atomic mass is 35.5. The van der Waals surface area contributed by atoms with E-state index in [-0.39, 0.29) is 12.5 Å². The Labute approximate surface area is 181 Å². The molecule has 0 fully saturated rings. The van der Waals surface area contributed by atoms with Gasteiger partial charge in [-0.05, 0) is 57.0 Å². The molecule has 1 unspecified atom stereocenters. The minimum Gasteiger partial charge on any atom is -0.453 e. The van der Waals surface area contributed by atoms with Crippen LogP contribution in [-0.2, 0) is 12.0 Å². The molecule has 0 aliphatic heterocycles. The van der Waals surface area contributed by atoms with Gasteiger partial charge in [0.05, 0.1) is 24.4 Å². The van der Waals surface area contributed by atoms with Gasteiger partial charge in [0.15, 0.2) is 11.4 Å². The summed E-state index contributed by atoms with van der Waals surface area (Å²) in [4.78, 5) is 13.2. The number of amides is 1. The number of hydrogen-bond acceptors (Lipinski definition) is 4. The van der Waals surface area contributed by atoms with Crippen LogP contribution in [-0.4, -0.2) is 33.4 Å².